The summed E-state index contributed by atoms with van der Waals surface area (Å²) in [5, 5.41) is 0. The molecule has 1 aromatic rings. The summed E-state index contributed by atoms with van der Waals surface area (Å²) in [6.45, 7) is 2.40. The van der Waals surface area contributed by atoms with Crippen molar-refractivity contribution in [1.29, 1.82) is 0 Å². The second kappa shape index (κ2) is 7.64. The van der Waals surface area contributed by atoms with Crippen LogP contribution >= 0.6 is 0 Å². The van der Waals surface area contributed by atoms with Crippen LogP contribution in [0, 0.1) is 5.92 Å². The minimum absolute atomic E-state index is 0.0679. The number of rotatable bonds is 7. The molecule has 1 atom stereocenters. The highest BCUT2D eigenvalue weighted by Crippen LogP contribution is 2.30. The normalized spacial score (nSPS) is 20.8. The molecule has 1 heterocycles. The van der Waals surface area contributed by atoms with Crippen molar-refractivity contribution in [2.45, 2.75) is 31.8 Å². The third-order valence-electron chi connectivity index (χ3n) is 4.48. The largest absolute Gasteiger partial charge is 0.496 e. The van der Waals surface area contributed by atoms with E-state index in [-0.39, 0.29) is 12.0 Å². The third-order valence-corrected chi connectivity index (χ3v) is 4.48. The Bertz CT molecular complexity index is 559. The number of ether oxygens (including phenoxy) is 2. The molecule has 1 aliphatic carbocycles. The van der Waals surface area contributed by atoms with E-state index in [1.165, 1.54) is 12.8 Å². The summed E-state index contributed by atoms with van der Waals surface area (Å²) >= 11 is 0. The maximum absolute atomic E-state index is 12.6. The van der Waals surface area contributed by atoms with E-state index in [4.69, 9.17) is 9.47 Å². The van der Waals surface area contributed by atoms with Crippen LogP contribution in [-0.4, -0.2) is 43.7 Å². The second-order valence-corrected chi connectivity index (χ2v) is 6.40. The fourth-order valence-corrected chi connectivity index (χ4v) is 2.97. The number of para-hydroxylation sites is 1. The molecule has 1 saturated heterocycles. The van der Waals surface area contributed by atoms with E-state index in [9.17, 15) is 4.79 Å². The monoisotopic (exact) mass is 315 g/mol. The Hall–Kier alpha value is -1.81. The van der Waals surface area contributed by atoms with E-state index in [2.05, 4.69) is 0 Å². The van der Waals surface area contributed by atoms with Gasteiger partial charge in [0.2, 0.25) is 5.91 Å². The van der Waals surface area contributed by atoms with Gasteiger partial charge in [0.15, 0.2) is 0 Å². The highest BCUT2D eigenvalue weighted by molar-refractivity contribution is 5.92. The van der Waals surface area contributed by atoms with Gasteiger partial charge < -0.3 is 14.4 Å². The van der Waals surface area contributed by atoms with Gasteiger partial charge in [0.05, 0.1) is 13.2 Å². The van der Waals surface area contributed by atoms with E-state index in [1.807, 2.05) is 35.2 Å². The number of benzene rings is 1. The fourth-order valence-electron chi connectivity index (χ4n) is 2.97. The van der Waals surface area contributed by atoms with Crippen LogP contribution in [0.15, 0.2) is 30.3 Å². The highest BCUT2D eigenvalue weighted by atomic mass is 16.5. The SMILES string of the molecule is COc1ccccc1C=CC(=O)N(CC1CC1)CC1CCCO1. The maximum Gasteiger partial charge on any atom is 0.246 e. The van der Waals surface area contributed by atoms with Gasteiger partial charge in [-0.3, -0.25) is 4.79 Å². The molecule has 1 aromatic carbocycles. The second-order valence-electron chi connectivity index (χ2n) is 6.40. The van der Waals surface area contributed by atoms with Gasteiger partial charge in [0, 0.05) is 31.3 Å². The van der Waals surface area contributed by atoms with E-state index in [0.29, 0.717) is 12.5 Å². The van der Waals surface area contributed by atoms with Gasteiger partial charge in [-0.25, -0.2) is 0 Å². The van der Waals surface area contributed by atoms with Crippen LogP contribution in [0.5, 0.6) is 5.75 Å². The number of carbonyl (C=O) groups is 1. The molecule has 2 fully saturated rings. The molecule has 0 N–H and O–H groups in total. The molecule has 0 aromatic heterocycles. The molecule has 1 unspecified atom stereocenters. The smallest absolute Gasteiger partial charge is 0.246 e. The Morgan fingerprint density at radius 1 is 1.30 bits per heavy atom. The summed E-state index contributed by atoms with van der Waals surface area (Å²) in [5.41, 5.74) is 0.923. The van der Waals surface area contributed by atoms with E-state index in [0.717, 1.165) is 37.3 Å². The van der Waals surface area contributed by atoms with Gasteiger partial charge in [-0.15, -0.1) is 0 Å². The van der Waals surface area contributed by atoms with Crippen LogP contribution in [0.4, 0.5) is 0 Å². The number of hydrogen-bond acceptors (Lipinski definition) is 3. The quantitative estimate of drug-likeness (QED) is 0.726. The molecule has 1 saturated carbocycles. The standard InChI is InChI=1S/C19H25NO3/c1-22-18-7-3-2-5-16(18)10-11-19(21)20(13-15-8-9-15)14-17-6-4-12-23-17/h2-3,5,7,10-11,15,17H,4,6,8-9,12-14H2,1H3. The van der Waals surface area contributed by atoms with Crippen molar-refractivity contribution in [2.24, 2.45) is 5.92 Å². The van der Waals surface area contributed by atoms with Crippen molar-refractivity contribution < 1.29 is 14.3 Å². The lowest BCUT2D eigenvalue weighted by molar-refractivity contribution is -0.127. The number of amides is 1. The molecule has 0 bridgehead atoms. The molecule has 23 heavy (non-hydrogen) atoms. The molecule has 4 nitrogen and oxygen atoms in total. The highest BCUT2D eigenvalue weighted by Gasteiger charge is 2.28. The van der Waals surface area contributed by atoms with Crippen LogP contribution in [0.25, 0.3) is 6.08 Å². The molecular weight excluding hydrogens is 290 g/mol. The number of methoxy groups -OCH3 is 1. The summed E-state index contributed by atoms with van der Waals surface area (Å²) in [7, 11) is 1.64. The molecule has 3 rings (SSSR count). The minimum Gasteiger partial charge on any atom is -0.496 e. The van der Waals surface area contributed by atoms with Crippen LogP contribution in [0.3, 0.4) is 0 Å². The number of hydrogen-bond donors (Lipinski definition) is 0. The van der Waals surface area contributed by atoms with E-state index < -0.39 is 0 Å². The predicted molar refractivity (Wildman–Crippen MR) is 90.3 cm³/mol. The lowest BCUT2D eigenvalue weighted by Crippen LogP contribution is -2.37. The Labute approximate surface area is 138 Å². The fraction of sp³-hybridized carbons (Fsp3) is 0.526. The molecule has 0 spiro atoms. The van der Waals surface area contributed by atoms with Crippen LogP contribution in [0.1, 0.15) is 31.2 Å². The predicted octanol–water partition coefficient (Wildman–Crippen LogP) is 3.13. The van der Waals surface area contributed by atoms with E-state index in [1.54, 1.807) is 13.2 Å². The first-order chi connectivity index (χ1) is 11.3. The first-order valence-electron chi connectivity index (χ1n) is 8.48. The molecule has 4 heteroatoms. The minimum atomic E-state index is 0.0679. The molecule has 1 amide bonds. The van der Waals surface area contributed by atoms with Crippen molar-refractivity contribution >= 4 is 12.0 Å². The summed E-state index contributed by atoms with van der Waals surface area (Å²) in [4.78, 5) is 14.6. The van der Waals surface area contributed by atoms with Gasteiger partial charge >= 0.3 is 0 Å². The first-order valence-corrected chi connectivity index (χ1v) is 8.48. The van der Waals surface area contributed by atoms with Gasteiger partial charge in [0.25, 0.3) is 0 Å². The third kappa shape index (κ3) is 4.58. The zero-order chi connectivity index (χ0) is 16.1. The van der Waals surface area contributed by atoms with Crippen molar-refractivity contribution in [3.63, 3.8) is 0 Å². The molecule has 0 radical (unpaired) electrons. The molecule has 124 valence electrons. The molecule has 1 aliphatic heterocycles. The van der Waals surface area contributed by atoms with Gasteiger partial charge in [-0.05, 0) is 43.7 Å². The lowest BCUT2D eigenvalue weighted by Gasteiger charge is -2.24. The number of nitrogens with zero attached hydrogens (tertiary/aromatic N) is 1. The van der Waals surface area contributed by atoms with Crippen LogP contribution in [0.2, 0.25) is 0 Å². The summed E-state index contributed by atoms with van der Waals surface area (Å²) in [6.07, 6.45) is 8.36. The van der Waals surface area contributed by atoms with E-state index >= 15 is 0 Å². The summed E-state index contributed by atoms with van der Waals surface area (Å²) in [6, 6.07) is 7.72. The zero-order valence-electron chi connectivity index (χ0n) is 13.7. The van der Waals surface area contributed by atoms with Gasteiger partial charge in [-0.1, -0.05) is 18.2 Å². The molecule has 2 aliphatic rings. The Morgan fingerprint density at radius 2 is 2.13 bits per heavy atom. The maximum atomic E-state index is 12.6. The lowest BCUT2D eigenvalue weighted by atomic mass is 10.1. The topological polar surface area (TPSA) is 38.8 Å². The Balaban J connectivity index is 1.65. The van der Waals surface area contributed by atoms with Crippen molar-refractivity contribution in [1.82, 2.24) is 4.90 Å². The molecular formula is C19H25NO3. The average Bonchev–Trinajstić information content (AvgIpc) is 3.25. The Morgan fingerprint density at radius 3 is 2.83 bits per heavy atom. The van der Waals surface area contributed by atoms with Crippen molar-refractivity contribution in [3.05, 3.63) is 35.9 Å². The average molecular weight is 315 g/mol. The van der Waals surface area contributed by atoms with Gasteiger partial charge in [0.1, 0.15) is 5.75 Å². The first kappa shape index (κ1) is 16.1. The number of carbonyl (C=O) groups excluding carboxylic acids is 1. The van der Waals surface area contributed by atoms with Crippen LogP contribution < -0.4 is 4.74 Å². The van der Waals surface area contributed by atoms with Crippen molar-refractivity contribution in [2.75, 3.05) is 26.8 Å². The Kier molecular flexibility index (Phi) is 5.34. The zero-order valence-corrected chi connectivity index (χ0v) is 13.7. The van der Waals surface area contributed by atoms with Gasteiger partial charge in [-0.2, -0.15) is 0 Å². The van der Waals surface area contributed by atoms with Crippen LogP contribution in [-0.2, 0) is 9.53 Å². The summed E-state index contributed by atoms with van der Waals surface area (Å²) < 4.78 is 11.0. The van der Waals surface area contributed by atoms with Crippen molar-refractivity contribution in [3.8, 4) is 5.75 Å². The summed E-state index contributed by atoms with van der Waals surface area (Å²) in [5.74, 6) is 1.53.